The standard InChI is InChI=1S/C28H27N3O5/c1-33-21-13-16(14-22(34-2)28(21)35-3)29-19-15-20(31-11-7-4-8-12-31)25-24-23(19)26(32)17-9-5-6-10-18(17)27(24)36-30-25/h5-6,9-10,13-15,29H,4,7-8,11-12H2,1-3H3. The number of anilines is 3. The third-order valence-electron chi connectivity index (χ3n) is 7.02. The Morgan fingerprint density at radius 2 is 1.61 bits per heavy atom. The van der Waals surface area contributed by atoms with Crippen LogP contribution < -0.4 is 24.4 Å². The molecule has 0 unspecified atom stereocenters. The van der Waals surface area contributed by atoms with Crippen molar-refractivity contribution in [3.05, 3.63) is 53.6 Å². The van der Waals surface area contributed by atoms with Gasteiger partial charge in [-0.2, -0.15) is 0 Å². The van der Waals surface area contributed by atoms with Gasteiger partial charge in [0.2, 0.25) is 5.75 Å². The number of fused-ring (bicyclic) bond motifs is 2. The lowest BCUT2D eigenvalue weighted by Gasteiger charge is -2.30. The van der Waals surface area contributed by atoms with Crippen molar-refractivity contribution in [3.63, 3.8) is 0 Å². The molecule has 0 amide bonds. The number of aromatic nitrogens is 1. The molecule has 8 heteroatoms. The van der Waals surface area contributed by atoms with Crippen molar-refractivity contribution in [1.29, 1.82) is 0 Å². The predicted octanol–water partition coefficient (Wildman–Crippen LogP) is 5.80. The van der Waals surface area contributed by atoms with Gasteiger partial charge in [-0.05, 0) is 25.3 Å². The number of nitrogens with one attached hydrogen (secondary N) is 1. The van der Waals surface area contributed by atoms with Gasteiger partial charge in [0.25, 0.3) is 0 Å². The average molecular weight is 486 g/mol. The summed E-state index contributed by atoms with van der Waals surface area (Å²) >= 11 is 0. The zero-order valence-electron chi connectivity index (χ0n) is 20.5. The molecule has 1 aliphatic carbocycles. The van der Waals surface area contributed by atoms with Crippen LogP contribution in [0.15, 0.2) is 47.0 Å². The van der Waals surface area contributed by atoms with E-state index in [1.807, 2.05) is 42.5 Å². The number of carbonyl (C=O) groups is 1. The Labute approximate surface area is 208 Å². The van der Waals surface area contributed by atoms with Gasteiger partial charge in [-0.25, -0.2) is 0 Å². The summed E-state index contributed by atoms with van der Waals surface area (Å²) < 4.78 is 22.5. The highest BCUT2D eigenvalue weighted by atomic mass is 16.5. The Balaban J connectivity index is 1.58. The van der Waals surface area contributed by atoms with Crippen LogP contribution in [0.5, 0.6) is 17.2 Å². The van der Waals surface area contributed by atoms with Crippen molar-refractivity contribution in [2.75, 3.05) is 44.6 Å². The van der Waals surface area contributed by atoms with E-state index in [1.54, 1.807) is 21.3 Å². The molecule has 8 nitrogen and oxygen atoms in total. The fourth-order valence-corrected chi connectivity index (χ4v) is 5.33. The molecular formula is C28H27N3O5. The molecule has 2 aliphatic rings. The maximum atomic E-state index is 13.8. The molecule has 2 heterocycles. The third-order valence-corrected chi connectivity index (χ3v) is 7.02. The fourth-order valence-electron chi connectivity index (χ4n) is 5.33. The third kappa shape index (κ3) is 3.36. The molecule has 184 valence electrons. The van der Waals surface area contributed by atoms with Crippen LogP contribution >= 0.6 is 0 Å². The summed E-state index contributed by atoms with van der Waals surface area (Å²) in [7, 11) is 4.73. The van der Waals surface area contributed by atoms with E-state index in [9.17, 15) is 4.79 Å². The van der Waals surface area contributed by atoms with Crippen LogP contribution in [0.3, 0.4) is 0 Å². The number of benzene rings is 3. The summed E-state index contributed by atoms with van der Waals surface area (Å²) in [6, 6.07) is 13.2. The zero-order valence-corrected chi connectivity index (χ0v) is 20.5. The van der Waals surface area contributed by atoms with Crippen LogP contribution in [0.25, 0.3) is 22.2 Å². The molecule has 1 fully saturated rings. The fraction of sp³-hybridized carbons (Fsp3) is 0.286. The first-order valence-electron chi connectivity index (χ1n) is 12.1. The molecule has 6 rings (SSSR count). The van der Waals surface area contributed by atoms with Gasteiger partial charge in [0.15, 0.2) is 23.0 Å². The first-order chi connectivity index (χ1) is 17.6. The van der Waals surface area contributed by atoms with Crippen molar-refractivity contribution in [2.24, 2.45) is 0 Å². The minimum atomic E-state index is -0.0635. The number of ketones is 1. The number of nitrogens with zero attached hydrogens (tertiary/aromatic N) is 2. The van der Waals surface area contributed by atoms with E-state index in [1.165, 1.54) is 6.42 Å². The SMILES string of the molecule is COc1cc(Nc2cc(N3CCCCC3)c3noc4c3c2C(=O)c2ccccc2-4)cc(OC)c1OC. The van der Waals surface area contributed by atoms with Gasteiger partial charge >= 0.3 is 0 Å². The zero-order chi connectivity index (χ0) is 24.8. The summed E-state index contributed by atoms with van der Waals surface area (Å²) in [5.41, 5.74) is 4.99. The molecule has 4 aromatic rings. The summed E-state index contributed by atoms with van der Waals surface area (Å²) in [5, 5.41) is 8.69. The van der Waals surface area contributed by atoms with Crippen LogP contribution in [0.1, 0.15) is 35.2 Å². The number of hydrogen-bond donors (Lipinski definition) is 1. The Morgan fingerprint density at radius 1 is 0.917 bits per heavy atom. The quantitative estimate of drug-likeness (QED) is 0.323. The van der Waals surface area contributed by atoms with E-state index < -0.39 is 0 Å². The summed E-state index contributed by atoms with van der Waals surface area (Å²) in [5.74, 6) is 2.11. The molecular weight excluding hydrogens is 458 g/mol. The minimum Gasteiger partial charge on any atom is -0.493 e. The Morgan fingerprint density at radius 3 is 2.28 bits per heavy atom. The van der Waals surface area contributed by atoms with Crippen molar-refractivity contribution in [1.82, 2.24) is 5.16 Å². The summed E-state index contributed by atoms with van der Waals surface area (Å²) in [6.07, 6.45) is 3.45. The number of rotatable bonds is 6. The lowest BCUT2D eigenvalue weighted by atomic mass is 9.86. The van der Waals surface area contributed by atoms with Gasteiger partial charge in [-0.15, -0.1) is 0 Å². The molecule has 0 spiro atoms. The maximum Gasteiger partial charge on any atom is 0.203 e. The smallest absolute Gasteiger partial charge is 0.203 e. The van der Waals surface area contributed by atoms with Gasteiger partial charge in [0.1, 0.15) is 5.52 Å². The Hall–Kier alpha value is -4.20. The molecule has 0 bridgehead atoms. The van der Waals surface area contributed by atoms with Gasteiger partial charge in [0.05, 0.1) is 43.7 Å². The molecule has 0 saturated carbocycles. The summed E-state index contributed by atoms with van der Waals surface area (Å²) in [4.78, 5) is 16.2. The average Bonchev–Trinajstić information content (AvgIpc) is 3.37. The largest absolute Gasteiger partial charge is 0.493 e. The number of piperidine rings is 1. The molecule has 0 atom stereocenters. The molecule has 1 aromatic heterocycles. The lowest BCUT2D eigenvalue weighted by molar-refractivity contribution is 0.104. The van der Waals surface area contributed by atoms with Gasteiger partial charge in [-0.1, -0.05) is 29.4 Å². The van der Waals surface area contributed by atoms with Gasteiger partial charge in [-0.3, -0.25) is 4.79 Å². The highest BCUT2D eigenvalue weighted by molar-refractivity contribution is 6.28. The second-order valence-electron chi connectivity index (χ2n) is 9.01. The molecule has 36 heavy (non-hydrogen) atoms. The van der Waals surface area contributed by atoms with E-state index in [2.05, 4.69) is 15.4 Å². The topological polar surface area (TPSA) is 86.1 Å². The van der Waals surface area contributed by atoms with Crippen LogP contribution in [0.2, 0.25) is 0 Å². The van der Waals surface area contributed by atoms with Gasteiger partial charge < -0.3 is 29.0 Å². The van der Waals surface area contributed by atoms with E-state index in [-0.39, 0.29) is 5.78 Å². The molecule has 1 saturated heterocycles. The van der Waals surface area contributed by atoms with Crippen molar-refractivity contribution >= 4 is 33.7 Å². The van der Waals surface area contributed by atoms with Gasteiger partial charge in [0, 0.05) is 42.0 Å². The number of hydrogen-bond acceptors (Lipinski definition) is 8. The van der Waals surface area contributed by atoms with Crippen molar-refractivity contribution in [3.8, 4) is 28.6 Å². The first kappa shape index (κ1) is 22.3. The molecule has 1 aliphatic heterocycles. The van der Waals surface area contributed by atoms with Crippen molar-refractivity contribution in [2.45, 2.75) is 19.3 Å². The normalized spacial score (nSPS) is 14.5. The van der Waals surface area contributed by atoms with E-state index in [0.29, 0.717) is 45.5 Å². The highest BCUT2D eigenvalue weighted by Gasteiger charge is 2.34. The van der Waals surface area contributed by atoms with E-state index >= 15 is 0 Å². The second-order valence-corrected chi connectivity index (χ2v) is 9.01. The number of methoxy groups -OCH3 is 3. The monoisotopic (exact) mass is 485 g/mol. The van der Waals surface area contributed by atoms with Crippen LogP contribution in [-0.4, -0.2) is 45.4 Å². The number of carbonyl (C=O) groups excluding carboxylic acids is 1. The Kier molecular flexibility index (Phi) is 5.44. The van der Waals surface area contributed by atoms with Crippen LogP contribution in [0, 0.1) is 0 Å². The van der Waals surface area contributed by atoms with Crippen LogP contribution in [0.4, 0.5) is 17.1 Å². The molecule has 0 radical (unpaired) electrons. The number of ether oxygens (including phenoxy) is 3. The molecule has 1 N–H and O–H groups in total. The predicted molar refractivity (Wildman–Crippen MR) is 138 cm³/mol. The summed E-state index contributed by atoms with van der Waals surface area (Å²) in [6.45, 7) is 1.87. The van der Waals surface area contributed by atoms with E-state index in [4.69, 9.17) is 18.7 Å². The maximum absolute atomic E-state index is 13.8. The van der Waals surface area contributed by atoms with E-state index in [0.717, 1.165) is 48.1 Å². The second kappa shape index (κ2) is 8.78. The first-order valence-corrected chi connectivity index (χ1v) is 12.1. The highest BCUT2D eigenvalue weighted by Crippen LogP contribution is 2.47. The van der Waals surface area contributed by atoms with Crippen molar-refractivity contribution < 1.29 is 23.5 Å². The molecule has 3 aromatic carbocycles. The van der Waals surface area contributed by atoms with Crippen LogP contribution in [-0.2, 0) is 0 Å². The minimum absolute atomic E-state index is 0.0635. The Bertz CT molecular complexity index is 1460. The lowest BCUT2D eigenvalue weighted by Crippen LogP contribution is -2.29.